The Morgan fingerprint density at radius 3 is 1.00 bits per heavy atom. The lowest BCUT2D eigenvalue weighted by Gasteiger charge is -2.44. The average Bonchev–Trinajstić information content (AvgIpc) is 3.62. The van der Waals surface area contributed by atoms with Crippen molar-refractivity contribution in [2.75, 3.05) is 13.2 Å². The molecule has 2 aliphatic rings. The second kappa shape index (κ2) is 15.5. The quantitative estimate of drug-likeness (QED) is 0.164. The smallest absolute Gasteiger partial charge is 0.261 e. The maximum Gasteiger partial charge on any atom is 0.261 e. The normalized spacial score (nSPS) is 23.2. The van der Waals surface area contributed by atoms with Gasteiger partial charge in [-0.1, -0.05) is 163 Å². The number of aliphatic hydroxyl groups is 1. The van der Waals surface area contributed by atoms with Gasteiger partial charge in [-0.15, -0.1) is 0 Å². The summed E-state index contributed by atoms with van der Waals surface area (Å²) in [4.78, 5) is 0. The van der Waals surface area contributed by atoms with Crippen LogP contribution in [0.15, 0.2) is 121 Å². The third kappa shape index (κ3) is 7.98. The van der Waals surface area contributed by atoms with Gasteiger partial charge >= 0.3 is 0 Å². The van der Waals surface area contributed by atoms with Crippen LogP contribution in [0.1, 0.15) is 69.2 Å². The first-order valence-corrected chi connectivity index (χ1v) is 23.1. The third-order valence-electron chi connectivity index (χ3n) is 10.9. The van der Waals surface area contributed by atoms with Gasteiger partial charge in [0.2, 0.25) is 0 Å². The molecule has 6 rings (SSSR count). The van der Waals surface area contributed by atoms with E-state index in [1.165, 1.54) is 20.7 Å². The Bertz CT molecular complexity index is 1580. The molecule has 7 nitrogen and oxygen atoms in total. The Balaban J connectivity index is 1.31. The highest BCUT2D eigenvalue weighted by atomic mass is 28.4. The van der Waals surface area contributed by atoms with Gasteiger partial charge in [0.15, 0.2) is 11.6 Å². The molecule has 0 radical (unpaired) electrons. The maximum absolute atomic E-state index is 12.4. The minimum absolute atomic E-state index is 0.221. The van der Waals surface area contributed by atoms with E-state index in [1.54, 1.807) is 0 Å². The summed E-state index contributed by atoms with van der Waals surface area (Å²) in [6.45, 7) is 21.5. The zero-order valence-corrected chi connectivity index (χ0v) is 35.7. The summed E-state index contributed by atoms with van der Waals surface area (Å²) in [5, 5.41) is 16.6. The minimum Gasteiger partial charge on any atom is -0.405 e. The van der Waals surface area contributed by atoms with Crippen LogP contribution in [-0.2, 0) is 27.8 Å². The molecule has 0 amide bonds. The van der Waals surface area contributed by atoms with Crippen LogP contribution in [0.4, 0.5) is 0 Å². The van der Waals surface area contributed by atoms with Crippen LogP contribution in [-0.4, -0.2) is 77.0 Å². The molecule has 4 aromatic rings. The molecule has 0 aliphatic carbocycles. The van der Waals surface area contributed by atoms with Crippen LogP contribution in [0.2, 0.25) is 10.1 Å². The van der Waals surface area contributed by atoms with Crippen LogP contribution in [0.5, 0.6) is 0 Å². The molecular weight excluding hydrogens is 709 g/mol. The number of hydrogen-bond acceptors (Lipinski definition) is 7. The van der Waals surface area contributed by atoms with E-state index in [2.05, 4.69) is 139 Å². The maximum atomic E-state index is 12.4. The van der Waals surface area contributed by atoms with E-state index in [4.69, 9.17) is 27.8 Å². The number of ether oxygens (including phenoxy) is 4. The summed E-state index contributed by atoms with van der Waals surface area (Å²) in [7, 11) is -5.80. The van der Waals surface area contributed by atoms with Crippen LogP contribution in [0.25, 0.3) is 0 Å². The molecule has 0 spiro atoms. The molecule has 4 atom stereocenters. The van der Waals surface area contributed by atoms with E-state index in [-0.39, 0.29) is 23.3 Å². The summed E-state index contributed by atoms with van der Waals surface area (Å²) in [6.07, 6.45) is -3.77. The standard InChI is InChI=1S/C45H60O7Si2/c1-42(2,3)53(33-23-15-11-16-24-33,34-25-17-12-18-26-34)47-31-37-40(51-44(7,8)49-37)39(46)41-38(50-45(9,10)52-41)32-48-54(43(4,5)6,35-27-19-13-20-28-35)36-29-21-14-22-30-36/h11-30,37-41,46H,31-32H2,1-10H3/t37-,38-,40-,41-/m1/s1. The van der Waals surface area contributed by atoms with Gasteiger partial charge < -0.3 is 32.9 Å². The van der Waals surface area contributed by atoms with Crippen molar-refractivity contribution in [2.24, 2.45) is 0 Å². The first kappa shape index (κ1) is 40.7. The minimum atomic E-state index is -2.90. The van der Waals surface area contributed by atoms with Crippen molar-refractivity contribution in [1.82, 2.24) is 0 Å². The van der Waals surface area contributed by atoms with Crippen molar-refractivity contribution in [3.8, 4) is 0 Å². The third-order valence-corrected chi connectivity index (χ3v) is 20.9. The largest absolute Gasteiger partial charge is 0.405 e. The molecule has 2 fully saturated rings. The predicted octanol–water partition coefficient (Wildman–Crippen LogP) is 6.54. The van der Waals surface area contributed by atoms with Crippen molar-refractivity contribution in [3.63, 3.8) is 0 Å². The Morgan fingerprint density at radius 1 is 0.500 bits per heavy atom. The van der Waals surface area contributed by atoms with Crippen LogP contribution in [0.3, 0.4) is 0 Å². The molecule has 2 heterocycles. The summed E-state index contributed by atoms with van der Waals surface area (Å²) in [6, 6.07) is 42.2. The molecule has 54 heavy (non-hydrogen) atoms. The van der Waals surface area contributed by atoms with Gasteiger partial charge in [0, 0.05) is 0 Å². The van der Waals surface area contributed by atoms with Gasteiger partial charge in [0.05, 0.1) is 13.2 Å². The number of aliphatic hydroxyl groups excluding tert-OH is 1. The molecule has 0 unspecified atom stereocenters. The monoisotopic (exact) mass is 768 g/mol. The fraction of sp³-hybridized carbons (Fsp3) is 0.467. The zero-order valence-electron chi connectivity index (χ0n) is 33.7. The molecule has 0 saturated carbocycles. The molecule has 2 saturated heterocycles. The lowest BCUT2D eigenvalue weighted by atomic mass is 10.00. The molecule has 0 aromatic heterocycles. The highest BCUT2D eigenvalue weighted by Gasteiger charge is 2.57. The SMILES string of the molecule is CC1(C)O[C@H](CO[Si](c2ccccc2)(c2ccccc2)C(C)(C)C)[C@H](C(O)[C@@H]2OC(C)(C)O[C@@H]2CO[Si](c2ccccc2)(c2ccccc2)C(C)(C)C)O1. The van der Waals surface area contributed by atoms with Crippen molar-refractivity contribution >= 4 is 37.4 Å². The number of benzene rings is 4. The molecule has 9 heteroatoms. The topological polar surface area (TPSA) is 75.6 Å². The lowest BCUT2D eigenvalue weighted by molar-refractivity contribution is -0.179. The van der Waals surface area contributed by atoms with Crippen LogP contribution in [0, 0.1) is 0 Å². The van der Waals surface area contributed by atoms with E-state index in [1.807, 2.05) is 52.0 Å². The number of hydrogen-bond donors (Lipinski definition) is 1. The Hall–Kier alpha value is -2.97. The van der Waals surface area contributed by atoms with Gasteiger partial charge in [-0.05, 0) is 58.5 Å². The van der Waals surface area contributed by atoms with E-state index in [0.717, 1.165) is 0 Å². The van der Waals surface area contributed by atoms with E-state index in [9.17, 15) is 5.11 Å². The lowest BCUT2D eigenvalue weighted by Crippen LogP contribution is -2.67. The average molecular weight is 769 g/mol. The van der Waals surface area contributed by atoms with Gasteiger partial charge in [0.25, 0.3) is 16.6 Å². The predicted molar refractivity (Wildman–Crippen MR) is 221 cm³/mol. The Morgan fingerprint density at radius 2 is 0.759 bits per heavy atom. The highest BCUT2D eigenvalue weighted by Crippen LogP contribution is 2.42. The van der Waals surface area contributed by atoms with Crippen molar-refractivity contribution in [1.29, 1.82) is 0 Å². The van der Waals surface area contributed by atoms with Crippen molar-refractivity contribution in [3.05, 3.63) is 121 Å². The van der Waals surface area contributed by atoms with E-state index in [0.29, 0.717) is 0 Å². The Labute approximate surface area is 325 Å². The van der Waals surface area contributed by atoms with E-state index >= 15 is 0 Å². The Kier molecular flexibility index (Phi) is 11.7. The zero-order chi connectivity index (χ0) is 39.0. The van der Waals surface area contributed by atoms with Crippen molar-refractivity contribution in [2.45, 2.75) is 121 Å². The van der Waals surface area contributed by atoms with Gasteiger partial charge in [-0.2, -0.15) is 0 Å². The first-order chi connectivity index (χ1) is 25.4. The molecule has 1 N–H and O–H groups in total. The highest BCUT2D eigenvalue weighted by molar-refractivity contribution is 7.00. The molecule has 2 aliphatic heterocycles. The van der Waals surface area contributed by atoms with E-state index < -0.39 is 58.7 Å². The van der Waals surface area contributed by atoms with Gasteiger partial charge in [-0.25, -0.2) is 0 Å². The molecule has 0 bridgehead atoms. The van der Waals surface area contributed by atoms with Gasteiger partial charge in [-0.3, -0.25) is 0 Å². The number of rotatable bonds is 12. The van der Waals surface area contributed by atoms with Crippen LogP contribution < -0.4 is 20.7 Å². The first-order valence-electron chi connectivity index (χ1n) is 19.3. The summed E-state index contributed by atoms with van der Waals surface area (Å²) in [5.41, 5.74) is 0. The van der Waals surface area contributed by atoms with Gasteiger partial charge in [0.1, 0.15) is 30.5 Å². The second-order valence-corrected chi connectivity index (χ2v) is 26.3. The molecule has 4 aromatic carbocycles. The molecular formula is C45H60O7Si2. The van der Waals surface area contributed by atoms with Crippen LogP contribution >= 0.6 is 0 Å². The summed E-state index contributed by atoms with van der Waals surface area (Å²) in [5.74, 6) is -1.91. The molecule has 290 valence electrons. The second-order valence-electron chi connectivity index (χ2n) is 17.7. The fourth-order valence-electron chi connectivity index (χ4n) is 8.69. The summed E-state index contributed by atoms with van der Waals surface area (Å²) >= 11 is 0. The summed E-state index contributed by atoms with van der Waals surface area (Å²) < 4.78 is 40.9. The van der Waals surface area contributed by atoms with Crippen molar-refractivity contribution < 1.29 is 32.9 Å². The fourth-order valence-corrected chi connectivity index (χ4v) is 17.8.